The van der Waals surface area contributed by atoms with E-state index in [-0.39, 0.29) is 17.8 Å². The zero-order valence-corrected chi connectivity index (χ0v) is 17.3. The van der Waals surface area contributed by atoms with Crippen molar-refractivity contribution < 1.29 is 9.18 Å². The maximum absolute atomic E-state index is 13.5. The normalized spacial score (nSPS) is 12.2. The molecule has 0 aliphatic rings. The van der Waals surface area contributed by atoms with E-state index in [9.17, 15) is 9.18 Å². The first kappa shape index (κ1) is 20.7. The summed E-state index contributed by atoms with van der Waals surface area (Å²) in [6.07, 6.45) is 0.999. The number of rotatable bonds is 7. The van der Waals surface area contributed by atoms with Crippen molar-refractivity contribution in [1.82, 2.24) is 20.4 Å². The zero-order chi connectivity index (χ0) is 21.0. The number of nitrogens with zero attached hydrogens (tertiary/aromatic N) is 2. The third-order valence-corrected chi connectivity index (χ3v) is 5.13. The van der Waals surface area contributed by atoms with Crippen LogP contribution < -0.4 is 5.32 Å². The van der Waals surface area contributed by atoms with Gasteiger partial charge in [0.15, 0.2) is 0 Å². The van der Waals surface area contributed by atoms with Crippen LogP contribution in [0.2, 0.25) is 0 Å². The molecule has 152 valence electrons. The number of aromatic nitrogens is 2. The van der Waals surface area contributed by atoms with Crippen LogP contribution in [0, 0.1) is 12.7 Å². The maximum Gasteiger partial charge on any atom is 0.269 e. The lowest BCUT2D eigenvalue weighted by atomic mass is 10.0. The summed E-state index contributed by atoms with van der Waals surface area (Å²) in [5, 5.41) is 9.96. The van der Waals surface area contributed by atoms with Gasteiger partial charge in [0.2, 0.25) is 0 Å². The minimum atomic E-state index is -0.260. The fourth-order valence-corrected chi connectivity index (χ4v) is 3.25. The van der Waals surface area contributed by atoms with Crippen molar-refractivity contribution in [1.29, 1.82) is 0 Å². The zero-order valence-electron chi connectivity index (χ0n) is 17.3. The highest BCUT2D eigenvalue weighted by atomic mass is 19.1. The van der Waals surface area contributed by atoms with Crippen molar-refractivity contribution in [3.05, 3.63) is 76.7 Å². The van der Waals surface area contributed by atoms with E-state index >= 15 is 0 Å². The predicted molar refractivity (Wildman–Crippen MR) is 113 cm³/mol. The van der Waals surface area contributed by atoms with Crippen molar-refractivity contribution >= 4 is 5.91 Å². The third kappa shape index (κ3) is 4.90. The van der Waals surface area contributed by atoms with E-state index in [0.29, 0.717) is 23.5 Å². The van der Waals surface area contributed by atoms with Crippen molar-refractivity contribution in [2.24, 2.45) is 0 Å². The van der Waals surface area contributed by atoms with E-state index in [2.05, 4.69) is 51.6 Å². The van der Waals surface area contributed by atoms with Crippen LogP contribution in [-0.2, 0) is 6.42 Å². The largest absolute Gasteiger partial charge is 0.349 e. The molecule has 2 aromatic carbocycles. The van der Waals surface area contributed by atoms with E-state index < -0.39 is 0 Å². The molecule has 1 amide bonds. The quantitative estimate of drug-likeness (QED) is 0.634. The lowest BCUT2D eigenvalue weighted by Gasteiger charge is -2.25. The maximum atomic E-state index is 13.5. The van der Waals surface area contributed by atoms with Crippen LogP contribution in [0.15, 0.2) is 48.5 Å². The van der Waals surface area contributed by atoms with Crippen LogP contribution in [0.25, 0.3) is 11.3 Å². The second-order valence-corrected chi connectivity index (χ2v) is 7.42. The first-order valence-corrected chi connectivity index (χ1v) is 9.74. The van der Waals surface area contributed by atoms with Crippen LogP contribution in [0.5, 0.6) is 0 Å². The number of benzene rings is 2. The van der Waals surface area contributed by atoms with Gasteiger partial charge in [0.1, 0.15) is 11.5 Å². The summed E-state index contributed by atoms with van der Waals surface area (Å²) >= 11 is 0. The van der Waals surface area contributed by atoms with Crippen LogP contribution in [0.1, 0.15) is 40.1 Å². The molecule has 29 heavy (non-hydrogen) atoms. The van der Waals surface area contributed by atoms with Gasteiger partial charge in [-0.05, 0) is 68.4 Å². The molecule has 2 N–H and O–H groups in total. The minimum absolute atomic E-state index is 0.0620. The minimum Gasteiger partial charge on any atom is -0.349 e. The highest BCUT2D eigenvalue weighted by Gasteiger charge is 2.17. The van der Waals surface area contributed by atoms with Gasteiger partial charge < -0.3 is 10.2 Å². The van der Waals surface area contributed by atoms with E-state index in [1.807, 2.05) is 14.1 Å². The molecule has 1 atom stereocenters. The summed E-state index contributed by atoms with van der Waals surface area (Å²) < 4.78 is 13.5. The van der Waals surface area contributed by atoms with E-state index in [1.54, 1.807) is 25.1 Å². The smallest absolute Gasteiger partial charge is 0.269 e. The number of hydrogen-bond donors (Lipinski definition) is 2. The third-order valence-electron chi connectivity index (χ3n) is 5.13. The molecule has 3 rings (SSSR count). The van der Waals surface area contributed by atoms with Crippen LogP contribution in [0.3, 0.4) is 0 Å². The summed E-state index contributed by atoms with van der Waals surface area (Å²) in [7, 11) is 3.99. The van der Waals surface area contributed by atoms with Crippen molar-refractivity contribution in [2.75, 3.05) is 20.6 Å². The number of aromatic amines is 1. The second-order valence-electron chi connectivity index (χ2n) is 7.42. The fourth-order valence-electron chi connectivity index (χ4n) is 3.25. The van der Waals surface area contributed by atoms with Crippen molar-refractivity contribution in [3.8, 4) is 11.3 Å². The number of nitrogens with one attached hydrogen (secondary N) is 2. The number of halogens is 1. The Morgan fingerprint density at radius 3 is 2.52 bits per heavy atom. The molecule has 5 nitrogen and oxygen atoms in total. The van der Waals surface area contributed by atoms with E-state index in [4.69, 9.17) is 0 Å². The Kier molecular flexibility index (Phi) is 6.44. The Morgan fingerprint density at radius 1 is 1.17 bits per heavy atom. The topological polar surface area (TPSA) is 61.0 Å². The number of aryl methyl sites for hydroxylation is 2. The second kappa shape index (κ2) is 9.01. The first-order valence-electron chi connectivity index (χ1n) is 9.74. The summed E-state index contributed by atoms with van der Waals surface area (Å²) in [5.74, 6) is -0.483. The average Bonchev–Trinajstić information content (AvgIpc) is 3.20. The Labute approximate surface area is 170 Å². The predicted octanol–water partition coefficient (Wildman–Crippen LogP) is 4.12. The molecule has 1 aromatic heterocycles. The van der Waals surface area contributed by atoms with Crippen LogP contribution in [0.4, 0.5) is 4.39 Å². The van der Waals surface area contributed by atoms with Gasteiger partial charge in [-0.1, -0.05) is 31.2 Å². The van der Waals surface area contributed by atoms with Crippen molar-refractivity contribution in [2.45, 2.75) is 26.3 Å². The summed E-state index contributed by atoms with van der Waals surface area (Å²) in [5.41, 5.74) is 4.73. The molecule has 0 aliphatic heterocycles. The van der Waals surface area contributed by atoms with Crippen molar-refractivity contribution in [3.63, 3.8) is 0 Å². The molecule has 0 saturated carbocycles. The Hall–Kier alpha value is -2.99. The lowest BCUT2D eigenvalue weighted by molar-refractivity contribution is 0.0937. The number of amides is 1. The molecule has 0 bridgehead atoms. The average molecular weight is 394 g/mol. The van der Waals surface area contributed by atoms with Gasteiger partial charge in [0.25, 0.3) is 5.91 Å². The number of carbonyl (C=O) groups is 1. The molecule has 0 saturated heterocycles. The van der Waals surface area contributed by atoms with E-state index in [1.165, 1.54) is 11.6 Å². The van der Waals surface area contributed by atoms with Gasteiger partial charge >= 0.3 is 0 Å². The van der Waals surface area contributed by atoms with Gasteiger partial charge in [-0.15, -0.1) is 0 Å². The number of H-pyrrole nitrogens is 1. The van der Waals surface area contributed by atoms with Crippen LogP contribution >= 0.6 is 0 Å². The molecule has 0 spiro atoms. The molecule has 0 aliphatic carbocycles. The summed E-state index contributed by atoms with van der Waals surface area (Å²) in [6, 6.07) is 15.0. The highest BCUT2D eigenvalue weighted by molar-refractivity contribution is 5.93. The fraction of sp³-hybridized carbons (Fsp3) is 0.304. The first-order chi connectivity index (χ1) is 13.9. The molecule has 1 heterocycles. The van der Waals surface area contributed by atoms with Gasteiger partial charge in [0, 0.05) is 12.1 Å². The summed E-state index contributed by atoms with van der Waals surface area (Å²) in [4.78, 5) is 14.7. The summed E-state index contributed by atoms with van der Waals surface area (Å²) in [6.45, 7) is 4.30. The monoisotopic (exact) mass is 394 g/mol. The molecule has 0 radical (unpaired) electrons. The molecular formula is C23H27FN4O. The van der Waals surface area contributed by atoms with Gasteiger partial charge in [-0.3, -0.25) is 9.89 Å². The van der Waals surface area contributed by atoms with E-state index in [0.717, 1.165) is 17.5 Å². The SMILES string of the molecule is CCc1ccc(C(CNC(=O)c2cc(-c3ccc(F)c(C)c3)n[nH]2)N(C)C)cc1. The number of likely N-dealkylation sites (N-methyl/N-ethyl adjacent to an activating group) is 1. The number of hydrogen-bond acceptors (Lipinski definition) is 3. The Morgan fingerprint density at radius 2 is 1.90 bits per heavy atom. The molecule has 1 unspecified atom stereocenters. The molecule has 0 fully saturated rings. The van der Waals surface area contributed by atoms with Gasteiger partial charge in [0.05, 0.1) is 11.7 Å². The highest BCUT2D eigenvalue weighted by Crippen LogP contribution is 2.21. The molecule has 3 aromatic rings. The number of carbonyl (C=O) groups excluding carboxylic acids is 1. The van der Waals surface area contributed by atoms with Gasteiger partial charge in [-0.2, -0.15) is 5.10 Å². The molecular weight excluding hydrogens is 367 g/mol. The van der Waals surface area contributed by atoms with Crippen LogP contribution in [-0.4, -0.2) is 41.6 Å². The Balaban J connectivity index is 1.69. The molecule has 6 heteroatoms. The van der Waals surface area contributed by atoms with Gasteiger partial charge in [-0.25, -0.2) is 4.39 Å². The Bertz CT molecular complexity index is 979. The lowest BCUT2D eigenvalue weighted by Crippen LogP contribution is -2.34. The standard InChI is InChI=1S/C23H27FN4O/c1-5-16-6-8-17(9-7-16)22(28(3)4)14-25-23(29)21-13-20(26-27-21)18-10-11-19(24)15(2)12-18/h6-13,22H,5,14H2,1-4H3,(H,25,29)(H,26,27).